The number of nitrogens with one attached hydrogen (secondary N) is 1. The van der Waals surface area contributed by atoms with E-state index in [0.29, 0.717) is 19.5 Å². The monoisotopic (exact) mass is 330 g/mol. The Labute approximate surface area is 143 Å². The SMILES string of the molecule is COc1cccc(C(CNC(=O)CCn2cc(C)cn2)N(C)C)c1. The maximum Gasteiger partial charge on any atom is 0.221 e. The predicted molar refractivity (Wildman–Crippen MR) is 94.0 cm³/mol. The zero-order chi connectivity index (χ0) is 17.5. The van der Waals surface area contributed by atoms with E-state index in [1.807, 2.05) is 51.5 Å². The fraction of sp³-hybridized carbons (Fsp3) is 0.444. The summed E-state index contributed by atoms with van der Waals surface area (Å²) >= 11 is 0. The normalized spacial score (nSPS) is 12.2. The number of likely N-dealkylation sites (N-methyl/N-ethyl adjacent to an activating group) is 1. The van der Waals surface area contributed by atoms with Crippen molar-refractivity contribution in [1.29, 1.82) is 0 Å². The number of hydrogen-bond acceptors (Lipinski definition) is 4. The topological polar surface area (TPSA) is 59.4 Å². The molecule has 6 nitrogen and oxygen atoms in total. The first kappa shape index (κ1) is 18.0. The molecule has 1 aromatic heterocycles. The Bertz CT molecular complexity index is 667. The first-order valence-corrected chi connectivity index (χ1v) is 8.05. The summed E-state index contributed by atoms with van der Waals surface area (Å²) in [6.07, 6.45) is 4.15. The average Bonchev–Trinajstić information content (AvgIpc) is 2.98. The summed E-state index contributed by atoms with van der Waals surface area (Å²) in [5.41, 5.74) is 2.21. The van der Waals surface area contributed by atoms with Crippen molar-refractivity contribution in [2.24, 2.45) is 0 Å². The second kappa shape index (κ2) is 8.49. The highest BCUT2D eigenvalue weighted by molar-refractivity contribution is 5.75. The lowest BCUT2D eigenvalue weighted by molar-refractivity contribution is -0.121. The van der Waals surface area contributed by atoms with Gasteiger partial charge in [-0.1, -0.05) is 12.1 Å². The molecule has 1 unspecified atom stereocenters. The summed E-state index contributed by atoms with van der Waals surface area (Å²) in [7, 11) is 5.66. The summed E-state index contributed by atoms with van der Waals surface area (Å²) in [6.45, 7) is 3.13. The van der Waals surface area contributed by atoms with Gasteiger partial charge in [0.05, 0.1) is 19.3 Å². The molecule has 0 bridgehead atoms. The van der Waals surface area contributed by atoms with E-state index in [-0.39, 0.29) is 11.9 Å². The third-order valence-corrected chi connectivity index (χ3v) is 3.92. The molecular formula is C18H26N4O2. The molecule has 24 heavy (non-hydrogen) atoms. The number of aromatic nitrogens is 2. The van der Waals surface area contributed by atoms with E-state index < -0.39 is 0 Å². The Hall–Kier alpha value is -2.34. The fourth-order valence-electron chi connectivity index (χ4n) is 2.55. The molecule has 0 aliphatic rings. The standard InChI is InChI=1S/C18H26N4O2/c1-14-11-20-22(13-14)9-8-18(23)19-12-17(21(2)3)15-6-5-7-16(10-15)24-4/h5-7,10-11,13,17H,8-9,12H2,1-4H3,(H,19,23). The number of methoxy groups -OCH3 is 1. The molecule has 0 aliphatic carbocycles. The van der Waals surface area contributed by atoms with Crippen LogP contribution in [-0.4, -0.2) is 48.3 Å². The smallest absolute Gasteiger partial charge is 0.221 e. The van der Waals surface area contributed by atoms with Gasteiger partial charge in [0.1, 0.15) is 5.75 Å². The summed E-state index contributed by atoms with van der Waals surface area (Å²) in [4.78, 5) is 14.2. The summed E-state index contributed by atoms with van der Waals surface area (Å²) in [5, 5.41) is 7.21. The summed E-state index contributed by atoms with van der Waals surface area (Å²) in [6, 6.07) is 8.03. The zero-order valence-electron chi connectivity index (χ0n) is 14.8. The van der Waals surface area contributed by atoms with Gasteiger partial charge in [0.15, 0.2) is 0 Å². The highest BCUT2D eigenvalue weighted by Crippen LogP contribution is 2.22. The Kier molecular flexibility index (Phi) is 6.37. The molecule has 1 N–H and O–H groups in total. The third kappa shape index (κ3) is 5.09. The average molecular weight is 330 g/mol. The minimum Gasteiger partial charge on any atom is -0.497 e. The van der Waals surface area contributed by atoms with E-state index >= 15 is 0 Å². The van der Waals surface area contributed by atoms with Gasteiger partial charge < -0.3 is 15.0 Å². The van der Waals surface area contributed by atoms with Gasteiger partial charge in [-0.2, -0.15) is 5.10 Å². The number of carbonyl (C=O) groups excluding carboxylic acids is 1. The zero-order valence-corrected chi connectivity index (χ0v) is 14.8. The molecule has 0 radical (unpaired) electrons. The van der Waals surface area contributed by atoms with Gasteiger partial charge in [-0.25, -0.2) is 0 Å². The highest BCUT2D eigenvalue weighted by atomic mass is 16.5. The first-order chi connectivity index (χ1) is 11.5. The molecule has 2 aromatic rings. The Morgan fingerprint density at radius 2 is 2.21 bits per heavy atom. The predicted octanol–water partition coefficient (Wildman–Crippen LogP) is 2.01. The Morgan fingerprint density at radius 3 is 2.83 bits per heavy atom. The Balaban J connectivity index is 1.89. The second-order valence-electron chi connectivity index (χ2n) is 6.09. The molecule has 0 saturated carbocycles. The van der Waals surface area contributed by atoms with Crippen molar-refractivity contribution < 1.29 is 9.53 Å². The lowest BCUT2D eigenvalue weighted by Crippen LogP contribution is -2.34. The van der Waals surface area contributed by atoms with Crippen LogP contribution in [0.2, 0.25) is 0 Å². The molecule has 6 heteroatoms. The van der Waals surface area contributed by atoms with Crippen LogP contribution in [0.5, 0.6) is 5.75 Å². The van der Waals surface area contributed by atoms with E-state index in [1.54, 1.807) is 18.0 Å². The molecule has 0 saturated heterocycles. The van der Waals surface area contributed by atoms with Crippen LogP contribution in [0.25, 0.3) is 0 Å². The molecule has 0 spiro atoms. The number of ether oxygens (including phenoxy) is 1. The van der Waals surface area contributed by atoms with E-state index in [2.05, 4.69) is 15.3 Å². The van der Waals surface area contributed by atoms with Crippen molar-refractivity contribution >= 4 is 5.91 Å². The minimum atomic E-state index is 0.0258. The van der Waals surface area contributed by atoms with Crippen LogP contribution in [0.15, 0.2) is 36.7 Å². The van der Waals surface area contributed by atoms with Gasteiger partial charge in [-0.15, -0.1) is 0 Å². The highest BCUT2D eigenvalue weighted by Gasteiger charge is 2.16. The fourth-order valence-corrected chi connectivity index (χ4v) is 2.55. The number of hydrogen-bond donors (Lipinski definition) is 1. The number of benzene rings is 1. The van der Waals surface area contributed by atoms with Gasteiger partial charge in [0, 0.05) is 25.7 Å². The van der Waals surface area contributed by atoms with Gasteiger partial charge in [-0.05, 0) is 44.3 Å². The minimum absolute atomic E-state index is 0.0258. The number of amides is 1. The van der Waals surface area contributed by atoms with Crippen molar-refractivity contribution in [2.75, 3.05) is 27.7 Å². The molecule has 1 heterocycles. The van der Waals surface area contributed by atoms with Gasteiger partial charge in [0.25, 0.3) is 0 Å². The molecule has 2 rings (SSSR count). The van der Waals surface area contributed by atoms with E-state index in [1.165, 1.54) is 0 Å². The number of carbonyl (C=O) groups is 1. The molecular weight excluding hydrogens is 304 g/mol. The van der Waals surface area contributed by atoms with Crippen molar-refractivity contribution in [3.63, 3.8) is 0 Å². The molecule has 1 aromatic carbocycles. The summed E-state index contributed by atoms with van der Waals surface area (Å²) < 4.78 is 7.08. The van der Waals surface area contributed by atoms with Crippen LogP contribution in [0.1, 0.15) is 23.6 Å². The largest absolute Gasteiger partial charge is 0.497 e. The first-order valence-electron chi connectivity index (χ1n) is 8.05. The quantitative estimate of drug-likeness (QED) is 0.804. The molecule has 0 fully saturated rings. The van der Waals surface area contributed by atoms with Gasteiger partial charge in [-0.3, -0.25) is 9.48 Å². The van der Waals surface area contributed by atoms with E-state index in [9.17, 15) is 4.79 Å². The maximum absolute atomic E-state index is 12.1. The van der Waals surface area contributed by atoms with E-state index in [4.69, 9.17) is 4.74 Å². The van der Waals surface area contributed by atoms with E-state index in [0.717, 1.165) is 16.9 Å². The molecule has 130 valence electrons. The number of nitrogens with zero attached hydrogens (tertiary/aromatic N) is 3. The van der Waals surface area contributed by atoms with Crippen molar-refractivity contribution in [2.45, 2.75) is 25.9 Å². The molecule has 1 amide bonds. The van der Waals surface area contributed by atoms with Crippen LogP contribution < -0.4 is 10.1 Å². The number of rotatable bonds is 8. The number of aryl methyl sites for hydroxylation is 2. The maximum atomic E-state index is 12.1. The Morgan fingerprint density at radius 1 is 1.42 bits per heavy atom. The molecule has 0 aliphatic heterocycles. The van der Waals surface area contributed by atoms with Crippen LogP contribution in [-0.2, 0) is 11.3 Å². The van der Waals surface area contributed by atoms with Crippen LogP contribution in [0, 0.1) is 6.92 Å². The van der Waals surface area contributed by atoms with Crippen LogP contribution >= 0.6 is 0 Å². The molecule has 1 atom stereocenters. The van der Waals surface area contributed by atoms with Crippen LogP contribution in [0.4, 0.5) is 0 Å². The second-order valence-corrected chi connectivity index (χ2v) is 6.09. The van der Waals surface area contributed by atoms with Gasteiger partial charge >= 0.3 is 0 Å². The lowest BCUT2D eigenvalue weighted by Gasteiger charge is -2.25. The van der Waals surface area contributed by atoms with Crippen molar-refractivity contribution in [1.82, 2.24) is 20.0 Å². The van der Waals surface area contributed by atoms with Gasteiger partial charge in [0.2, 0.25) is 5.91 Å². The lowest BCUT2D eigenvalue weighted by atomic mass is 10.1. The third-order valence-electron chi connectivity index (χ3n) is 3.92. The summed E-state index contributed by atoms with van der Waals surface area (Å²) in [5.74, 6) is 0.845. The van der Waals surface area contributed by atoms with Crippen molar-refractivity contribution in [3.05, 3.63) is 47.8 Å². The van der Waals surface area contributed by atoms with Crippen molar-refractivity contribution in [3.8, 4) is 5.75 Å². The van der Waals surface area contributed by atoms with Crippen LogP contribution in [0.3, 0.4) is 0 Å².